The number of carbonyl (C=O) groups excluding carboxylic acids is 1. The van der Waals surface area contributed by atoms with Crippen LogP contribution in [-0.2, 0) is 21.8 Å². The molecule has 0 aliphatic rings. The third-order valence-electron chi connectivity index (χ3n) is 3.30. The van der Waals surface area contributed by atoms with Crippen LogP contribution in [-0.4, -0.2) is 37.8 Å². The number of nitrogens with one attached hydrogen (secondary N) is 1. The van der Waals surface area contributed by atoms with Crippen molar-refractivity contribution < 1.29 is 17.9 Å². The van der Waals surface area contributed by atoms with Crippen LogP contribution in [0.3, 0.4) is 0 Å². The molecule has 0 aliphatic carbocycles. The second-order valence-electron chi connectivity index (χ2n) is 4.93. The van der Waals surface area contributed by atoms with Crippen molar-refractivity contribution in [3.8, 4) is 0 Å². The van der Waals surface area contributed by atoms with E-state index in [0.29, 0.717) is 5.56 Å². The maximum absolute atomic E-state index is 12.3. The van der Waals surface area contributed by atoms with Gasteiger partial charge in [-0.1, -0.05) is 0 Å². The summed E-state index contributed by atoms with van der Waals surface area (Å²) in [6.45, 7) is 0.278. The molecule has 2 aromatic rings. The number of aromatic nitrogens is 2. The van der Waals surface area contributed by atoms with Crippen molar-refractivity contribution in [3.05, 3.63) is 47.8 Å². The Morgan fingerprint density at radius 3 is 2.48 bits per heavy atom. The minimum atomic E-state index is -3.78. The average Bonchev–Trinajstić information content (AvgIpc) is 2.92. The fraction of sp³-hybridized carbons (Fsp3) is 0.286. The van der Waals surface area contributed by atoms with Gasteiger partial charge in [0.25, 0.3) is 5.91 Å². The number of benzene rings is 1. The van der Waals surface area contributed by atoms with Crippen LogP contribution in [0.25, 0.3) is 0 Å². The van der Waals surface area contributed by atoms with Crippen molar-refractivity contribution in [2.24, 2.45) is 12.2 Å². The Bertz CT molecular complexity index is 783. The fourth-order valence-corrected chi connectivity index (χ4v) is 2.65. The first-order valence-corrected chi connectivity index (χ1v) is 8.28. The van der Waals surface area contributed by atoms with Crippen LogP contribution in [0.15, 0.2) is 41.4 Å². The zero-order valence-electron chi connectivity index (χ0n) is 12.8. The van der Waals surface area contributed by atoms with E-state index in [1.165, 1.54) is 31.4 Å². The van der Waals surface area contributed by atoms with E-state index in [0.717, 1.165) is 5.69 Å². The summed E-state index contributed by atoms with van der Waals surface area (Å²) >= 11 is 0. The molecule has 1 heterocycles. The lowest BCUT2D eigenvalue weighted by atomic mass is 10.1. The quantitative estimate of drug-likeness (QED) is 0.779. The Balaban J connectivity index is 2.17. The lowest BCUT2D eigenvalue weighted by molar-refractivity contribution is 0.0892. The maximum Gasteiger partial charge on any atom is 0.251 e. The highest BCUT2D eigenvalue weighted by atomic mass is 32.2. The molecule has 1 aromatic carbocycles. The van der Waals surface area contributed by atoms with Gasteiger partial charge < -0.3 is 10.1 Å². The van der Waals surface area contributed by atoms with Gasteiger partial charge >= 0.3 is 0 Å². The Morgan fingerprint density at radius 2 is 2.00 bits per heavy atom. The Hall–Kier alpha value is -2.23. The Kier molecular flexibility index (Phi) is 5.14. The molecule has 0 radical (unpaired) electrons. The van der Waals surface area contributed by atoms with Crippen molar-refractivity contribution in [3.63, 3.8) is 0 Å². The van der Waals surface area contributed by atoms with Crippen LogP contribution in [0.2, 0.25) is 0 Å². The lowest BCUT2D eigenvalue weighted by Crippen LogP contribution is -2.32. The number of methoxy groups -OCH3 is 1. The first-order valence-electron chi connectivity index (χ1n) is 6.73. The molecule has 8 nitrogen and oxygen atoms in total. The highest BCUT2D eigenvalue weighted by Gasteiger charge is 2.19. The van der Waals surface area contributed by atoms with E-state index in [1.807, 2.05) is 0 Å². The lowest BCUT2D eigenvalue weighted by Gasteiger charge is -2.18. The summed E-state index contributed by atoms with van der Waals surface area (Å²) in [7, 11) is -0.474. The van der Waals surface area contributed by atoms with E-state index in [9.17, 15) is 13.2 Å². The monoisotopic (exact) mass is 338 g/mol. The van der Waals surface area contributed by atoms with Crippen molar-refractivity contribution in [1.82, 2.24) is 15.1 Å². The van der Waals surface area contributed by atoms with Crippen LogP contribution >= 0.6 is 0 Å². The van der Waals surface area contributed by atoms with Gasteiger partial charge in [0.05, 0.1) is 23.2 Å². The number of hydrogen-bond donors (Lipinski definition) is 2. The number of amides is 1. The highest BCUT2D eigenvalue weighted by Crippen LogP contribution is 2.14. The third-order valence-corrected chi connectivity index (χ3v) is 4.23. The van der Waals surface area contributed by atoms with Crippen LogP contribution in [0.4, 0.5) is 0 Å². The molecule has 3 N–H and O–H groups in total. The maximum atomic E-state index is 12.3. The first-order chi connectivity index (χ1) is 10.8. The third kappa shape index (κ3) is 4.15. The molecule has 23 heavy (non-hydrogen) atoms. The van der Waals surface area contributed by atoms with Crippen molar-refractivity contribution in [1.29, 1.82) is 0 Å². The predicted molar refractivity (Wildman–Crippen MR) is 83.1 cm³/mol. The van der Waals surface area contributed by atoms with Gasteiger partial charge in [0.15, 0.2) is 0 Å². The minimum absolute atomic E-state index is 0.0471. The van der Waals surface area contributed by atoms with Crippen molar-refractivity contribution in [2.75, 3.05) is 13.7 Å². The largest absolute Gasteiger partial charge is 0.382 e. The molecule has 0 saturated carbocycles. The van der Waals surface area contributed by atoms with Gasteiger partial charge in [-0.25, -0.2) is 13.6 Å². The molecular weight excluding hydrogens is 320 g/mol. The van der Waals surface area contributed by atoms with E-state index in [4.69, 9.17) is 9.88 Å². The smallest absolute Gasteiger partial charge is 0.251 e. The first kappa shape index (κ1) is 17.1. The summed E-state index contributed by atoms with van der Waals surface area (Å²) in [4.78, 5) is 12.3. The summed E-state index contributed by atoms with van der Waals surface area (Å²) in [5.74, 6) is -0.353. The number of carbonyl (C=O) groups is 1. The van der Waals surface area contributed by atoms with E-state index in [1.54, 1.807) is 24.0 Å². The van der Waals surface area contributed by atoms with Gasteiger partial charge in [-0.05, 0) is 30.3 Å². The molecule has 0 fully saturated rings. The van der Waals surface area contributed by atoms with Crippen molar-refractivity contribution in [2.45, 2.75) is 10.9 Å². The molecule has 124 valence electrons. The molecule has 0 spiro atoms. The van der Waals surface area contributed by atoms with Gasteiger partial charge in [-0.3, -0.25) is 9.48 Å². The van der Waals surface area contributed by atoms with Gasteiger partial charge in [-0.2, -0.15) is 5.10 Å². The van der Waals surface area contributed by atoms with Crippen molar-refractivity contribution >= 4 is 15.9 Å². The number of nitrogens with two attached hydrogens (primary N) is 1. The zero-order valence-corrected chi connectivity index (χ0v) is 13.6. The van der Waals surface area contributed by atoms with E-state index in [2.05, 4.69) is 10.4 Å². The van der Waals surface area contributed by atoms with E-state index in [-0.39, 0.29) is 23.5 Å². The van der Waals surface area contributed by atoms with Gasteiger partial charge in [-0.15, -0.1) is 0 Å². The molecule has 0 unspecified atom stereocenters. The van der Waals surface area contributed by atoms with E-state index < -0.39 is 10.0 Å². The standard InChI is InChI=1S/C14H18N4O4S/c1-18-13(7-8-16-18)12(9-22-2)17-14(19)10-3-5-11(6-4-10)23(15,20)21/h3-8,12H,9H2,1-2H3,(H,17,19)(H2,15,20,21)/t12-/m0/s1. The normalized spacial score (nSPS) is 12.8. The molecular formula is C14H18N4O4S. The second-order valence-corrected chi connectivity index (χ2v) is 6.49. The fourth-order valence-electron chi connectivity index (χ4n) is 2.13. The molecule has 1 amide bonds. The number of hydrogen-bond acceptors (Lipinski definition) is 5. The molecule has 0 saturated heterocycles. The van der Waals surface area contributed by atoms with Crippen LogP contribution in [0.5, 0.6) is 0 Å². The Labute approximate surface area is 134 Å². The summed E-state index contributed by atoms with van der Waals surface area (Å²) in [5.41, 5.74) is 1.11. The van der Waals surface area contributed by atoms with E-state index >= 15 is 0 Å². The number of rotatable bonds is 6. The molecule has 1 atom stereocenters. The van der Waals surface area contributed by atoms with Crippen LogP contribution in [0, 0.1) is 0 Å². The molecule has 1 aromatic heterocycles. The van der Waals surface area contributed by atoms with Crippen LogP contribution in [0.1, 0.15) is 22.1 Å². The molecule has 0 bridgehead atoms. The molecule has 0 aliphatic heterocycles. The summed E-state index contributed by atoms with van der Waals surface area (Å²) in [6, 6.07) is 6.80. The highest BCUT2D eigenvalue weighted by molar-refractivity contribution is 7.89. The molecule has 2 rings (SSSR count). The number of primary sulfonamides is 1. The summed E-state index contributed by atoms with van der Waals surface area (Å²) in [6.07, 6.45) is 1.63. The number of ether oxygens (including phenoxy) is 1. The zero-order chi connectivity index (χ0) is 17.0. The summed E-state index contributed by atoms with van der Waals surface area (Å²) < 4.78 is 29.2. The predicted octanol–water partition coefficient (Wildman–Crippen LogP) is 0.185. The van der Waals surface area contributed by atoms with Gasteiger partial charge in [0, 0.05) is 25.9 Å². The number of sulfonamides is 1. The Morgan fingerprint density at radius 1 is 1.35 bits per heavy atom. The number of aryl methyl sites for hydroxylation is 1. The van der Waals surface area contributed by atoms with Gasteiger partial charge in [0.1, 0.15) is 0 Å². The van der Waals surface area contributed by atoms with Gasteiger partial charge in [0.2, 0.25) is 10.0 Å². The van der Waals surface area contributed by atoms with Crippen LogP contribution < -0.4 is 10.5 Å². The minimum Gasteiger partial charge on any atom is -0.382 e. The molecule has 9 heteroatoms. The topological polar surface area (TPSA) is 116 Å². The number of nitrogens with zero attached hydrogens (tertiary/aromatic N) is 2. The average molecular weight is 338 g/mol. The SMILES string of the molecule is COC[C@H](NC(=O)c1ccc(S(N)(=O)=O)cc1)c1ccnn1C. The summed E-state index contributed by atoms with van der Waals surface area (Å²) in [5, 5.41) is 11.9. The second kappa shape index (κ2) is 6.90.